The van der Waals surface area contributed by atoms with Gasteiger partial charge in [-0.15, -0.1) is 0 Å². The SMILES string of the molecule is O=C(CCC(=O)c1ccccc1)NCc1ccc2c(c1)CNC2. The van der Waals surface area contributed by atoms with Gasteiger partial charge in [0, 0.05) is 38.0 Å². The molecule has 0 atom stereocenters. The highest BCUT2D eigenvalue weighted by Gasteiger charge is 2.11. The Morgan fingerprint density at radius 2 is 1.74 bits per heavy atom. The van der Waals surface area contributed by atoms with Crippen molar-refractivity contribution >= 4 is 11.7 Å². The molecule has 118 valence electrons. The molecule has 1 heterocycles. The average Bonchev–Trinajstić information content (AvgIpc) is 3.06. The third-order valence-corrected chi connectivity index (χ3v) is 4.07. The second kappa shape index (κ2) is 7.20. The quantitative estimate of drug-likeness (QED) is 0.806. The summed E-state index contributed by atoms with van der Waals surface area (Å²) in [6.45, 7) is 2.32. The molecule has 0 spiro atoms. The summed E-state index contributed by atoms with van der Waals surface area (Å²) < 4.78 is 0. The van der Waals surface area contributed by atoms with E-state index in [4.69, 9.17) is 0 Å². The summed E-state index contributed by atoms with van der Waals surface area (Å²) >= 11 is 0. The van der Waals surface area contributed by atoms with Crippen molar-refractivity contribution in [2.75, 3.05) is 0 Å². The fourth-order valence-corrected chi connectivity index (χ4v) is 2.74. The molecular weight excluding hydrogens is 288 g/mol. The number of hydrogen-bond donors (Lipinski definition) is 2. The van der Waals surface area contributed by atoms with Crippen LogP contribution in [0.5, 0.6) is 0 Å². The largest absolute Gasteiger partial charge is 0.352 e. The summed E-state index contributed by atoms with van der Waals surface area (Å²) in [6, 6.07) is 15.4. The van der Waals surface area contributed by atoms with Gasteiger partial charge >= 0.3 is 0 Å². The van der Waals surface area contributed by atoms with Gasteiger partial charge in [-0.3, -0.25) is 9.59 Å². The molecular formula is C19H20N2O2. The fraction of sp³-hybridized carbons (Fsp3) is 0.263. The summed E-state index contributed by atoms with van der Waals surface area (Å²) in [7, 11) is 0. The number of amides is 1. The molecule has 0 fully saturated rings. The molecule has 4 heteroatoms. The lowest BCUT2D eigenvalue weighted by Gasteiger charge is -2.07. The Balaban J connectivity index is 1.46. The Bertz CT molecular complexity index is 711. The molecule has 0 unspecified atom stereocenters. The Morgan fingerprint density at radius 3 is 2.57 bits per heavy atom. The van der Waals surface area contributed by atoms with Crippen molar-refractivity contribution < 1.29 is 9.59 Å². The van der Waals surface area contributed by atoms with Gasteiger partial charge in [0.15, 0.2) is 5.78 Å². The third-order valence-electron chi connectivity index (χ3n) is 4.07. The van der Waals surface area contributed by atoms with Gasteiger partial charge in [-0.25, -0.2) is 0 Å². The van der Waals surface area contributed by atoms with Crippen molar-refractivity contribution in [3.63, 3.8) is 0 Å². The van der Waals surface area contributed by atoms with Crippen LogP contribution in [0.1, 0.15) is 39.9 Å². The molecule has 2 aromatic rings. The maximum atomic E-state index is 12.0. The number of fused-ring (bicyclic) bond motifs is 1. The minimum absolute atomic E-state index is 0.00403. The van der Waals surface area contributed by atoms with Gasteiger partial charge in [0.05, 0.1) is 0 Å². The van der Waals surface area contributed by atoms with Crippen LogP contribution in [-0.2, 0) is 24.4 Å². The highest BCUT2D eigenvalue weighted by atomic mass is 16.2. The molecule has 1 aliphatic rings. The second-order valence-electron chi connectivity index (χ2n) is 5.77. The lowest BCUT2D eigenvalue weighted by molar-refractivity contribution is -0.121. The van der Waals surface area contributed by atoms with Crippen LogP contribution in [0.15, 0.2) is 48.5 Å². The second-order valence-corrected chi connectivity index (χ2v) is 5.77. The number of hydrogen-bond acceptors (Lipinski definition) is 3. The van der Waals surface area contributed by atoms with Crippen molar-refractivity contribution in [3.8, 4) is 0 Å². The molecule has 0 aromatic heterocycles. The van der Waals surface area contributed by atoms with Gasteiger partial charge in [-0.05, 0) is 16.7 Å². The number of carbonyl (C=O) groups is 2. The van der Waals surface area contributed by atoms with E-state index in [1.54, 1.807) is 12.1 Å². The van der Waals surface area contributed by atoms with E-state index in [0.29, 0.717) is 12.1 Å². The first-order chi connectivity index (χ1) is 11.2. The molecule has 1 aliphatic heterocycles. The molecule has 0 saturated carbocycles. The maximum absolute atomic E-state index is 12.0. The molecule has 4 nitrogen and oxygen atoms in total. The van der Waals surface area contributed by atoms with Crippen molar-refractivity contribution in [2.24, 2.45) is 0 Å². The van der Waals surface area contributed by atoms with Gasteiger partial charge in [0.2, 0.25) is 5.91 Å². The van der Waals surface area contributed by atoms with E-state index in [-0.39, 0.29) is 24.5 Å². The third kappa shape index (κ3) is 4.05. The highest BCUT2D eigenvalue weighted by Crippen LogP contribution is 2.17. The predicted molar refractivity (Wildman–Crippen MR) is 88.8 cm³/mol. The average molecular weight is 308 g/mol. The Kier molecular flexibility index (Phi) is 4.83. The molecule has 0 radical (unpaired) electrons. The Labute approximate surface area is 135 Å². The Morgan fingerprint density at radius 1 is 0.957 bits per heavy atom. The number of rotatable bonds is 6. The molecule has 1 amide bonds. The van der Waals surface area contributed by atoms with Crippen LogP contribution in [0.3, 0.4) is 0 Å². The van der Waals surface area contributed by atoms with E-state index < -0.39 is 0 Å². The smallest absolute Gasteiger partial charge is 0.220 e. The van der Waals surface area contributed by atoms with Crippen molar-refractivity contribution in [2.45, 2.75) is 32.5 Å². The first kappa shape index (κ1) is 15.4. The van der Waals surface area contributed by atoms with Crippen LogP contribution in [0.4, 0.5) is 0 Å². The van der Waals surface area contributed by atoms with Crippen LogP contribution in [0.25, 0.3) is 0 Å². The van der Waals surface area contributed by atoms with Crippen LogP contribution in [0, 0.1) is 0 Å². The fourth-order valence-electron chi connectivity index (χ4n) is 2.74. The van der Waals surface area contributed by atoms with E-state index in [2.05, 4.69) is 22.8 Å². The van der Waals surface area contributed by atoms with Crippen molar-refractivity contribution in [3.05, 3.63) is 70.8 Å². The zero-order valence-electron chi connectivity index (χ0n) is 13.0. The zero-order chi connectivity index (χ0) is 16.1. The number of ketones is 1. The van der Waals surface area contributed by atoms with E-state index >= 15 is 0 Å². The molecule has 0 saturated heterocycles. The summed E-state index contributed by atoms with van der Waals surface area (Å²) in [6.07, 6.45) is 0.462. The van der Waals surface area contributed by atoms with Crippen LogP contribution < -0.4 is 10.6 Å². The number of nitrogens with one attached hydrogen (secondary N) is 2. The number of Topliss-reactive ketones (excluding diaryl/α,β-unsaturated/α-hetero) is 1. The van der Waals surface area contributed by atoms with E-state index in [9.17, 15) is 9.59 Å². The van der Waals surface area contributed by atoms with Gasteiger partial charge in [-0.2, -0.15) is 0 Å². The van der Waals surface area contributed by atoms with Gasteiger partial charge in [-0.1, -0.05) is 48.5 Å². The highest BCUT2D eigenvalue weighted by molar-refractivity contribution is 5.97. The lowest BCUT2D eigenvalue weighted by atomic mass is 10.1. The summed E-state index contributed by atoms with van der Waals surface area (Å²) in [5.74, 6) is -0.0859. The molecule has 2 aromatic carbocycles. The van der Waals surface area contributed by atoms with E-state index in [0.717, 1.165) is 18.7 Å². The van der Waals surface area contributed by atoms with Crippen LogP contribution >= 0.6 is 0 Å². The molecule has 0 aliphatic carbocycles. The monoisotopic (exact) mass is 308 g/mol. The van der Waals surface area contributed by atoms with Crippen molar-refractivity contribution in [1.82, 2.24) is 10.6 Å². The topological polar surface area (TPSA) is 58.2 Å². The van der Waals surface area contributed by atoms with E-state index in [1.165, 1.54) is 11.1 Å². The number of carbonyl (C=O) groups excluding carboxylic acids is 2. The Hall–Kier alpha value is -2.46. The normalized spacial score (nSPS) is 12.7. The minimum atomic E-state index is -0.0899. The van der Waals surface area contributed by atoms with E-state index in [1.807, 2.05) is 24.3 Å². The van der Waals surface area contributed by atoms with Gasteiger partial charge in [0.1, 0.15) is 0 Å². The summed E-state index contributed by atoms with van der Waals surface area (Å²) in [5, 5.41) is 6.19. The van der Waals surface area contributed by atoms with Gasteiger partial charge in [0.25, 0.3) is 0 Å². The molecule has 3 rings (SSSR count). The molecule has 23 heavy (non-hydrogen) atoms. The van der Waals surface area contributed by atoms with Gasteiger partial charge < -0.3 is 10.6 Å². The molecule has 0 bridgehead atoms. The van der Waals surface area contributed by atoms with Crippen LogP contribution in [-0.4, -0.2) is 11.7 Å². The minimum Gasteiger partial charge on any atom is -0.352 e. The number of benzene rings is 2. The first-order valence-electron chi connectivity index (χ1n) is 7.89. The van der Waals surface area contributed by atoms with Crippen LogP contribution in [0.2, 0.25) is 0 Å². The summed E-state index contributed by atoms with van der Waals surface area (Å²) in [4.78, 5) is 23.9. The standard InChI is InChI=1S/C19H20N2O2/c22-18(15-4-2-1-3-5-15)8-9-19(23)21-11-14-6-7-16-12-20-13-17(16)10-14/h1-7,10,20H,8-9,11-13H2,(H,21,23). The maximum Gasteiger partial charge on any atom is 0.220 e. The summed E-state index contributed by atoms with van der Waals surface area (Å²) in [5.41, 5.74) is 4.38. The molecule has 2 N–H and O–H groups in total. The lowest BCUT2D eigenvalue weighted by Crippen LogP contribution is -2.23. The van der Waals surface area contributed by atoms with Crippen molar-refractivity contribution in [1.29, 1.82) is 0 Å². The zero-order valence-corrected chi connectivity index (χ0v) is 13.0. The first-order valence-corrected chi connectivity index (χ1v) is 7.89. The predicted octanol–water partition coefficient (Wildman–Crippen LogP) is 2.57.